The van der Waals surface area contributed by atoms with E-state index in [2.05, 4.69) is 5.32 Å². The molecular weight excluding hydrogens is 238 g/mol. The molecule has 0 saturated carbocycles. The zero-order chi connectivity index (χ0) is 13.5. The van der Waals surface area contributed by atoms with Crippen LogP contribution in [0.2, 0.25) is 0 Å². The molecule has 0 aliphatic heterocycles. The van der Waals surface area contributed by atoms with Crippen LogP contribution in [0.4, 0.5) is 0 Å². The van der Waals surface area contributed by atoms with Crippen LogP contribution in [-0.4, -0.2) is 11.0 Å². The molecule has 3 heteroatoms. The van der Waals surface area contributed by atoms with Crippen molar-refractivity contribution in [3.8, 4) is 5.75 Å². The van der Waals surface area contributed by atoms with Crippen LogP contribution in [-0.2, 0) is 11.3 Å². The van der Waals surface area contributed by atoms with Crippen LogP contribution in [0.25, 0.3) is 6.08 Å². The van der Waals surface area contributed by atoms with E-state index >= 15 is 0 Å². The van der Waals surface area contributed by atoms with Crippen molar-refractivity contribution in [2.24, 2.45) is 0 Å². The number of hydrogen-bond acceptors (Lipinski definition) is 2. The summed E-state index contributed by atoms with van der Waals surface area (Å²) in [6.07, 6.45) is 3.12. The fourth-order valence-corrected chi connectivity index (χ4v) is 1.64. The van der Waals surface area contributed by atoms with Crippen LogP contribution >= 0.6 is 0 Å². The number of amides is 1. The highest BCUT2D eigenvalue weighted by Crippen LogP contribution is 2.11. The fraction of sp³-hybridized carbons (Fsp3) is 0.0625. The minimum Gasteiger partial charge on any atom is -0.508 e. The number of carbonyl (C=O) groups excluding carboxylic acids is 1. The molecule has 0 spiro atoms. The van der Waals surface area contributed by atoms with Crippen LogP contribution in [0.5, 0.6) is 5.75 Å². The number of phenolic OH excluding ortho intramolecular Hbond substituents is 1. The molecule has 0 bridgehead atoms. The Morgan fingerprint density at radius 2 is 1.89 bits per heavy atom. The van der Waals surface area contributed by atoms with Crippen molar-refractivity contribution in [1.29, 1.82) is 0 Å². The summed E-state index contributed by atoms with van der Waals surface area (Å²) >= 11 is 0. The number of rotatable bonds is 4. The first kappa shape index (κ1) is 12.9. The van der Waals surface area contributed by atoms with Gasteiger partial charge in [-0.05, 0) is 29.3 Å². The molecule has 0 aliphatic rings. The summed E-state index contributed by atoms with van der Waals surface area (Å²) in [7, 11) is 0. The van der Waals surface area contributed by atoms with Crippen LogP contribution in [0, 0.1) is 0 Å². The molecule has 0 radical (unpaired) electrons. The minimum absolute atomic E-state index is 0.160. The minimum atomic E-state index is -0.160. The molecule has 3 nitrogen and oxygen atoms in total. The Labute approximate surface area is 112 Å². The standard InChI is InChI=1S/C16H15NO2/c18-15-8-4-7-13(11-15)9-10-16(19)17-12-14-5-2-1-3-6-14/h1-11,18H,12H2,(H,17,19). The smallest absolute Gasteiger partial charge is 0.244 e. The molecule has 2 rings (SSSR count). The molecule has 96 valence electrons. The van der Waals surface area contributed by atoms with E-state index in [1.54, 1.807) is 24.3 Å². The molecule has 2 aromatic carbocycles. The van der Waals surface area contributed by atoms with Crippen molar-refractivity contribution in [2.75, 3.05) is 0 Å². The molecule has 0 aliphatic carbocycles. The molecular formula is C16H15NO2. The number of phenols is 1. The van der Waals surface area contributed by atoms with E-state index in [0.29, 0.717) is 6.54 Å². The van der Waals surface area contributed by atoms with Gasteiger partial charge in [0.15, 0.2) is 0 Å². The second kappa shape index (κ2) is 6.40. The average molecular weight is 253 g/mol. The van der Waals surface area contributed by atoms with Crippen molar-refractivity contribution < 1.29 is 9.90 Å². The average Bonchev–Trinajstić information content (AvgIpc) is 2.44. The normalized spacial score (nSPS) is 10.5. The van der Waals surface area contributed by atoms with Crippen LogP contribution in [0.1, 0.15) is 11.1 Å². The second-order valence-electron chi connectivity index (χ2n) is 4.13. The molecule has 0 saturated heterocycles. The Balaban J connectivity index is 1.88. The van der Waals surface area contributed by atoms with Gasteiger partial charge in [-0.2, -0.15) is 0 Å². The number of carbonyl (C=O) groups is 1. The number of benzene rings is 2. The van der Waals surface area contributed by atoms with Crippen LogP contribution in [0.15, 0.2) is 60.7 Å². The molecule has 2 aromatic rings. The summed E-state index contributed by atoms with van der Waals surface area (Å²) in [5.74, 6) is 0.0269. The molecule has 0 aromatic heterocycles. The summed E-state index contributed by atoms with van der Waals surface area (Å²) in [6, 6.07) is 16.5. The van der Waals surface area contributed by atoms with Gasteiger partial charge in [-0.25, -0.2) is 0 Å². The van der Waals surface area contributed by atoms with Gasteiger partial charge in [0.1, 0.15) is 5.75 Å². The molecule has 19 heavy (non-hydrogen) atoms. The van der Waals surface area contributed by atoms with Gasteiger partial charge in [0.25, 0.3) is 0 Å². The van der Waals surface area contributed by atoms with Gasteiger partial charge >= 0.3 is 0 Å². The molecule has 0 unspecified atom stereocenters. The van der Waals surface area contributed by atoms with E-state index < -0.39 is 0 Å². The lowest BCUT2D eigenvalue weighted by atomic mass is 10.2. The maximum atomic E-state index is 11.6. The number of aromatic hydroxyl groups is 1. The van der Waals surface area contributed by atoms with E-state index in [1.807, 2.05) is 36.4 Å². The van der Waals surface area contributed by atoms with Gasteiger partial charge in [0.05, 0.1) is 0 Å². The van der Waals surface area contributed by atoms with E-state index in [9.17, 15) is 9.90 Å². The quantitative estimate of drug-likeness (QED) is 0.823. The van der Waals surface area contributed by atoms with Gasteiger partial charge in [-0.3, -0.25) is 4.79 Å². The first-order valence-corrected chi connectivity index (χ1v) is 6.03. The third-order valence-electron chi connectivity index (χ3n) is 2.61. The van der Waals surface area contributed by atoms with Crippen molar-refractivity contribution >= 4 is 12.0 Å². The number of hydrogen-bond donors (Lipinski definition) is 2. The van der Waals surface area contributed by atoms with Crippen molar-refractivity contribution in [1.82, 2.24) is 5.32 Å². The second-order valence-corrected chi connectivity index (χ2v) is 4.13. The lowest BCUT2D eigenvalue weighted by Gasteiger charge is -2.01. The van der Waals surface area contributed by atoms with Crippen molar-refractivity contribution in [3.63, 3.8) is 0 Å². The van der Waals surface area contributed by atoms with Gasteiger partial charge in [0.2, 0.25) is 5.91 Å². The first-order valence-electron chi connectivity index (χ1n) is 6.03. The van der Waals surface area contributed by atoms with Gasteiger partial charge in [0, 0.05) is 12.6 Å². The Kier molecular flexibility index (Phi) is 4.34. The topological polar surface area (TPSA) is 49.3 Å². The van der Waals surface area contributed by atoms with Crippen LogP contribution < -0.4 is 5.32 Å². The van der Waals surface area contributed by atoms with Crippen molar-refractivity contribution in [3.05, 3.63) is 71.8 Å². The molecule has 1 amide bonds. The molecule has 0 fully saturated rings. The first-order chi connectivity index (χ1) is 9.24. The van der Waals surface area contributed by atoms with Gasteiger partial charge < -0.3 is 10.4 Å². The van der Waals surface area contributed by atoms with E-state index in [1.165, 1.54) is 6.08 Å². The number of nitrogens with one attached hydrogen (secondary N) is 1. The van der Waals surface area contributed by atoms with E-state index in [-0.39, 0.29) is 11.7 Å². The fourth-order valence-electron chi connectivity index (χ4n) is 1.64. The predicted molar refractivity (Wildman–Crippen MR) is 75.4 cm³/mol. The zero-order valence-electron chi connectivity index (χ0n) is 10.4. The highest BCUT2D eigenvalue weighted by Gasteiger charge is 1.96. The highest BCUT2D eigenvalue weighted by atomic mass is 16.3. The third-order valence-corrected chi connectivity index (χ3v) is 2.61. The predicted octanol–water partition coefficient (Wildman–Crippen LogP) is 2.72. The molecule has 2 N–H and O–H groups in total. The monoisotopic (exact) mass is 253 g/mol. The summed E-state index contributed by atoms with van der Waals surface area (Å²) in [5, 5.41) is 12.1. The van der Waals surface area contributed by atoms with E-state index in [4.69, 9.17) is 0 Å². The highest BCUT2D eigenvalue weighted by molar-refractivity contribution is 5.91. The summed E-state index contributed by atoms with van der Waals surface area (Å²) in [5.41, 5.74) is 1.84. The van der Waals surface area contributed by atoms with Crippen molar-refractivity contribution in [2.45, 2.75) is 6.54 Å². The maximum Gasteiger partial charge on any atom is 0.244 e. The maximum absolute atomic E-state index is 11.6. The third kappa shape index (κ3) is 4.32. The summed E-state index contributed by atoms with van der Waals surface area (Å²) < 4.78 is 0. The van der Waals surface area contributed by atoms with Gasteiger partial charge in [-0.1, -0.05) is 42.5 Å². The largest absolute Gasteiger partial charge is 0.508 e. The molecule has 0 heterocycles. The molecule has 0 atom stereocenters. The lowest BCUT2D eigenvalue weighted by molar-refractivity contribution is -0.116. The summed E-state index contributed by atoms with van der Waals surface area (Å²) in [6.45, 7) is 0.504. The zero-order valence-corrected chi connectivity index (χ0v) is 10.4. The van der Waals surface area contributed by atoms with Crippen LogP contribution in [0.3, 0.4) is 0 Å². The Bertz CT molecular complexity index is 576. The Morgan fingerprint density at radius 1 is 1.11 bits per heavy atom. The lowest BCUT2D eigenvalue weighted by Crippen LogP contribution is -2.20. The summed E-state index contributed by atoms with van der Waals surface area (Å²) in [4.78, 5) is 11.6. The SMILES string of the molecule is O=C(C=Cc1cccc(O)c1)NCc1ccccc1. The van der Waals surface area contributed by atoms with Gasteiger partial charge in [-0.15, -0.1) is 0 Å². The Hall–Kier alpha value is -2.55. The Morgan fingerprint density at radius 3 is 2.63 bits per heavy atom. The van der Waals surface area contributed by atoms with E-state index in [0.717, 1.165) is 11.1 Å².